The number of carbonyl (C=O) groups excluding carboxylic acids is 1. The van der Waals surface area contributed by atoms with Crippen LogP contribution in [0.25, 0.3) is 0 Å². The van der Waals surface area contributed by atoms with E-state index in [2.05, 4.69) is 46.9 Å². The van der Waals surface area contributed by atoms with E-state index in [9.17, 15) is 4.79 Å². The second kappa shape index (κ2) is 5.00. The van der Waals surface area contributed by atoms with Gasteiger partial charge < -0.3 is 4.74 Å². The molecule has 0 N–H and O–H groups in total. The van der Waals surface area contributed by atoms with E-state index in [0.29, 0.717) is 6.54 Å². The third kappa shape index (κ3) is 2.74. The fourth-order valence-electron chi connectivity index (χ4n) is 1.90. The van der Waals surface area contributed by atoms with E-state index in [1.807, 2.05) is 0 Å². The van der Waals surface area contributed by atoms with Crippen LogP contribution in [0.2, 0.25) is 0 Å². The minimum absolute atomic E-state index is 0.0851. The average molecular weight is 245 g/mol. The molecule has 0 fully saturated rings. The van der Waals surface area contributed by atoms with Crippen LogP contribution < -0.4 is 0 Å². The van der Waals surface area contributed by atoms with E-state index in [4.69, 9.17) is 0 Å². The minimum atomic E-state index is -0.519. The summed E-state index contributed by atoms with van der Waals surface area (Å²) >= 11 is 0. The Bertz CT molecular complexity index is 555. The van der Waals surface area contributed by atoms with E-state index in [-0.39, 0.29) is 5.82 Å². The number of rotatable bonds is 3. The lowest BCUT2D eigenvalue weighted by atomic mass is 10.1. The van der Waals surface area contributed by atoms with Gasteiger partial charge in [0.2, 0.25) is 0 Å². The molecule has 0 amide bonds. The van der Waals surface area contributed by atoms with Crippen LogP contribution in [0.5, 0.6) is 0 Å². The van der Waals surface area contributed by atoms with Gasteiger partial charge in [-0.25, -0.2) is 14.5 Å². The van der Waals surface area contributed by atoms with E-state index in [0.717, 1.165) is 5.56 Å². The third-order valence-corrected chi connectivity index (χ3v) is 2.53. The number of aryl methyl sites for hydroxylation is 2. The summed E-state index contributed by atoms with van der Waals surface area (Å²) in [5.74, 6) is -0.434. The summed E-state index contributed by atoms with van der Waals surface area (Å²) in [4.78, 5) is 15.1. The first-order valence-corrected chi connectivity index (χ1v) is 5.63. The van der Waals surface area contributed by atoms with Crippen LogP contribution >= 0.6 is 0 Å². The molecule has 0 aliphatic carbocycles. The Hall–Kier alpha value is -2.17. The van der Waals surface area contributed by atoms with Gasteiger partial charge in [-0.05, 0) is 19.4 Å². The maximum absolute atomic E-state index is 11.2. The first-order chi connectivity index (χ1) is 8.58. The molecule has 0 atom stereocenters. The maximum atomic E-state index is 11.2. The Morgan fingerprint density at radius 2 is 1.94 bits per heavy atom. The van der Waals surface area contributed by atoms with Crippen molar-refractivity contribution in [2.45, 2.75) is 20.4 Å². The molecule has 1 aromatic heterocycles. The van der Waals surface area contributed by atoms with Gasteiger partial charge >= 0.3 is 5.97 Å². The largest absolute Gasteiger partial charge is 0.463 e. The molecular formula is C13H15N3O2. The highest BCUT2D eigenvalue weighted by Gasteiger charge is 2.11. The predicted octanol–water partition coefficient (Wildman–Crippen LogP) is 1.73. The van der Waals surface area contributed by atoms with Crippen molar-refractivity contribution in [1.82, 2.24) is 14.8 Å². The number of benzene rings is 1. The summed E-state index contributed by atoms with van der Waals surface area (Å²) in [7, 11) is 1.31. The van der Waals surface area contributed by atoms with Gasteiger partial charge in [0.25, 0.3) is 5.82 Å². The van der Waals surface area contributed by atoms with Crippen molar-refractivity contribution in [1.29, 1.82) is 0 Å². The van der Waals surface area contributed by atoms with Crippen molar-refractivity contribution < 1.29 is 9.53 Å². The van der Waals surface area contributed by atoms with Gasteiger partial charge in [0.1, 0.15) is 6.33 Å². The number of aromatic nitrogens is 3. The molecule has 18 heavy (non-hydrogen) atoms. The van der Waals surface area contributed by atoms with Crippen LogP contribution in [0.15, 0.2) is 24.5 Å². The summed E-state index contributed by atoms with van der Waals surface area (Å²) in [6, 6.07) is 6.30. The number of methoxy groups -OCH3 is 1. The minimum Gasteiger partial charge on any atom is -0.463 e. The first-order valence-electron chi connectivity index (χ1n) is 5.63. The van der Waals surface area contributed by atoms with Crippen molar-refractivity contribution in [3.63, 3.8) is 0 Å². The molecule has 1 aromatic carbocycles. The molecule has 0 saturated carbocycles. The number of nitrogens with zero attached hydrogens (tertiary/aromatic N) is 3. The normalized spacial score (nSPS) is 10.4. The lowest BCUT2D eigenvalue weighted by Gasteiger charge is -2.04. The van der Waals surface area contributed by atoms with Crippen molar-refractivity contribution in [3.05, 3.63) is 47.0 Å². The highest BCUT2D eigenvalue weighted by molar-refractivity contribution is 5.84. The van der Waals surface area contributed by atoms with Crippen LogP contribution in [0.4, 0.5) is 0 Å². The van der Waals surface area contributed by atoms with Crippen LogP contribution in [-0.4, -0.2) is 27.8 Å². The van der Waals surface area contributed by atoms with Gasteiger partial charge in [-0.1, -0.05) is 29.3 Å². The van der Waals surface area contributed by atoms with Crippen molar-refractivity contribution in [2.24, 2.45) is 0 Å². The second-order valence-corrected chi connectivity index (χ2v) is 4.25. The van der Waals surface area contributed by atoms with Gasteiger partial charge in [0, 0.05) is 0 Å². The monoisotopic (exact) mass is 245 g/mol. The first kappa shape index (κ1) is 12.3. The molecule has 0 saturated heterocycles. The number of hydrogen-bond acceptors (Lipinski definition) is 4. The second-order valence-electron chi connectivity index (χ2n) is 4.25. The fraction of sp³-hybridized carbons (Fsp3) is 0.308. The summed E-state index contributed by atoms with van der Waals surface area (Å²) in [6.45, 7) is 4.70. The third-order valence-electron chi connectivity index (χ3n) is 2.53. The Kier molecular flexibility index (Phi) is 3.41. The van der Waals surface area contributed by atoms with Gasteiger partial charge in [-0.3, -0.25) is 0 Å². The average Bonchev–Trinajstić information content (AvgIpc) is 2.75. The molecule has 5 nitrogen and oxygen atoms in total. The van der Waals surface area contributed by atoms with E-state index in [1.54, 1.807) is 4.68 Å². The van der Waals surface area contributed by atoms with Gasteiger partial charge in [-0.2, -0.15) is 0 Å². The van der Waals surface area contributed by atoms with Gasteiger partial charge in [0.05, 0.1) is 13.7 Å². The summed E-state index contributed by atoms with van der Waals surface area (Å²) in [6.07, 6.45) is 1.53. The molecule has 1 heterocycles. The zero-order valence-corrected chi connectivity index (χ0v) is 10.7. The van der Waals surface area contributed by atoms with Crippen molar-refractivity contribution in [2.75, 3.05) is 7.11 Å². The highest BCUT2D eigenvalue weighted by Crippen LogP contribution is 2.10. The Labute approximate surface area is 105 Å². The van der Waals surface area contributed by atoms with Crippen LogP contribution in [0.3, 0.4) is 0 Å². The zero-order valence-electron chi connectivity index (χ0n) is 10.7. The molecule has 0 bridgehead atoms. The van der Waals surface area contributed by atoms with E-state index in [1.165, 1.54) is 24.6 Å². The molecule has 5 heteroatoms. The van der Waals surface area contributed by atoms with Crippen LogP contribution in [-0.2, 0) is 11.3 Å². The Morgan fingerprint density at radius 3 is 2.56 bits per heavy atom. The number of hydrogen-bond donors (Lipinski definition) is 0. The lowest BCUT2D eigenvalue weighted by Crippen LogP contribution is -2.06. The van der Waals surface area contributed by atoms with Crippen molar-refractivity contribution in [3.8, 4) is 0 Å². The van der Waals surface area contributed by atoms with Crippen molar-refractivity contribution >= 4 is 5.97 Å². The molecule has 0 unspecified atom stereocenters. The molecular weight excluding hydrogens is 230 g/mol. The SMILES string of the molecule is COC(=O)c1ncn(Cc2cc(C)cc(C)c2)n1. The molecule has 0 spiro atoms. The highest BCUT2D eigenvalue weighted by atomic mass is 16.5. The predicted molar refractivity (Wildman–Crippen MR) is 66.4 cm³/mol. The maximum Gasteiger partial charge on any atom is 0.377 e. The quantitative estimate of drug-likeness (QED) is 0.773. The number of ether oxygens (including phenoxy) is 1. The molecule has 2 rings (SSSR count). The van der Waals surface area contributed by atoms with Gasteiger partial charge in [-0.15, -0.1) is 5.10 Å². The smallest absolute Gasteiger partial charge is 0.377 e. The molecule has 0 aliphatic rings. The Balaban J connectivity index is 2.18. The molecule has 0 aliphatic heterocycles. The van der Waals surface area contributed by atoms with E-state index >= 15 is 0 Å². The number of carbonyl (C=O) groups is 1. The van der Waals surface area contributed by atoms with E-state index < -0.39 is 5.97 Å². The molecule has 94 valence electrons. The molecule has 2 aromatic rings. The van der Waals surface area contributed by atoms with Crippen LogP contribution in [0, 0.1) is 13.8 Å². The molecule has 0 radical (unpaired) electrons. The summed E-state index contributed by atoms with van der Waals surface area (Å²) in [5, 5.41) is 4.07. The standard InChI is InChI=1S/C13H15N3O2/c1-9-4-10(2)6-11(5-9)7-16-8-14-12(15-16)13(17)18-3/h4-6,8H,7H2,1-3H3. The van der Waals surface area contributed by atoms with Crippen LogP contribution in [0.1, 0.15) is 27.3 Å². The zero-order chi connectivity index (χ0) is 13.1. The summed E-state index contributed by atoms with van der Waals surface area (Å²) in [5.41, 5.74) is 3.55. The van der Waals surface area contributed by atoms with Gasteiger partial charge in [0.15, 0.2) is 0 Å². The Morgan fingerprint density at radius 1 is 1.28 bits per heavy atom. The fourth-order valence-corrected chi connectivity index (χ4v) is 1.90. The summed E-state index contributed by atoms with van der Waals surface area (Å²) < 4.78 is 6.19. The topological polar surface area (TPSA) is 57.0 Å². The number of esters is 1. The lowest BCUT2D eigenvalue weighted by molar-refractivity contribution is 0.0586.